The van der Waals surface area contributed by atoms with E-state index in [1.165, 1.54) is 24.8 Å². The molecule has 1 spiro atoms. The van der Waals surface area contributed by atoms with Crippen molar-refractivity contribution in [3.8, 4) is 5.75 Å². The summed E-state index contributed by atoms with van der Waals surface area (Å²) >= 11 is 0. The third-order valence-corrected chi connectivity index (χ3v) is 4.25. The highest BCUT2D eigenvalue weighted by molar-refractivity contribution is 5.27. The number of methoxy groups -OCH3 is 1. The van der Waals surface area contributed by atoms with Crippen LogP contribution in [0.3, 0.4) is 0 Å². The highest BCUT2D eigenvalue weighted by atomic mass is 16.5. The minimum Gasteiger partial charge on any atom is -0.497 e. The predicted molar refractivity (Wildman–Crippen MR) is 70.8 cm³/mol. The van der Waals surface area contributed by atoms with Crippen molar-refractivity contribution in [2.24, 2.45) is 0 Å². The van der Waals surface area contributed by atoms with Gasteiger partial charge in [0.1, 0.15) is 5.75 Å². The van der Waals surface area contributed by atoms with Gasteiger partial charge in [-0.25, -0.2) is 0 Å². The molecule has 0 aromatic heterocycles. The third-order valence-electron chi connectivity index (χ3n) is 4.25. The van der Waals surface area contributed by atoms with Gasteiger partial charge in [-0.1, -0.05) is 12.1 Å². The second-order valence-electron chi connectivity index (χ2n) is 5.36. The fraction of sp³-hybridized carbons (Fsp3) is 0.600. The van der Waals surface area contributed by atoms with Crippen LogP contribution in [0.25, 0.3) is 0 Å². The molecule has 3 rings (SSSR count). The molecule has 1 heterocycles. The summed E-state index contributed by atoms with van der Waals surface area (Å²) in [6, 6.07) is 8.42. The monoisotopic (exact) mass is 247 g/mol. The predicted octanol–water partition coefficient (Wildman–Crippen LogP) is 2.45. The Balaban J connectivity index is 1.70. The molecule has 3 heteroatoms. The van der Waals surface area contributed by atoms with Gasteiger partial charge >= 0.3 is 0 Å². The molecule has 0 radical (unpaired) electrons. The molecular formula is C15H21NO2. The van der Waals surface area contributed by atoms with Gasteiger partial charge in [-0.2, -0.15) is 0 Å². The van der Waals surface area contributed by atoms with Gasteiger partial charge in [0.2, 0.25) is 0 Å². The highest BCUT2D eigenvalue weighted by Gasteiger charge is 2.47. The smallest absolute Gasteiger partial charge is 0.118 e. The molecule has 3 nitrogen and oxygen atoms in total. The fourth-order valence-electron chi connectivity index (χ4n) is 2.84. The molecule has 1 saturated heterocycles. The third kappa shape index (κ3) is 2.38. The SMILES string of the molecule is COc1ccc(CN2CCOCCC23CC3)cc1. The van der Waals surface area contributed by atoms with Crippen molar-refractivity contribution in [3.05, 3.63) is 29.8 Å². The van der Waals surface area contributed by atoms with Crippen molar-refractivity contribution in [3.63, 3.8) is 0 Å². The number of rotatable bonds is 3. The average Bonchev–Trinajstić information content (AvgIpc) is 3.21. The molecule has 1 aliphatic carbocycles. The van der Waals surface area contributed by atoms with Gasteiger partial charge in [0, 0.05) is 25.2 Å². The lowest BCUT2D eigenvalue weighted by molar-refractivity contribution is 0.137. The van der Waals surface area contributed by atoms with E-state index in [4.69, 9.17) is 9.47 Å². The van der Waals surface area contributed by atoms with E-state index in [1.54, 1.807) is 7.11 Å². The lowest BCUT2D eigenvalue weighted by Gasteiger charge is -2.29. The number of hydrogen-bond donors (Lipinski definition) is 0. The zero-order valence-corrected chi connectivity index (χ0v) is 11.0. The second kappa shape index (κ2) is 4.90. The van der Waals surface area contributed by atoms with E-state index in [9.17, 15) is 0 Å². The number of benzene rings is 1. The molecule has 1 aromatic carbocycles. The van der Waals surface area contributed by atoms with Gasteiger partial charge in [0.25, 0.3) is 0 Å². The molecule has 18 heavy (non-hydrogen) atoms. The molecule has 98 valence electrons. The van der Waals surface area contributed by atoms with E-state index in [0.717, 1.165) is 32.1 Å². The van der Waals surface area contributed by atoms with Crippen LogP contribution in [-0.4, -0.2) is 37.3 Å². The maximum absolute atomic E-state index is 5.61. The van der Waals surface area contributed by atoms with Gasteiger partial charge in [-0.3, -0.25) is 4.90 Å². The van der Waals surface area contributed by atoms with Crippen LogP contribution in [0.5, 0.6) is 5.75 Å². The molecule has 1 aromatic rings. The van der Waals surface area contributed by atoms with Crippen LogP contribution in [-0.2, 0) is 11.3 Å². The van der Waals surface area contributed by atoms with E-state index in [1.807, 2.05) is 12.1 Å². The van der Waals surface area contributed by atoms with E-state index in [2.05, 4.69) is 17.0 Å². The molecule has 1 saturated carbocycles. The minimum absolute atomic E-state index is 0.455. The zero-order valence-electron chi connectivity index (χ0n) is 11.0. The maximum Gasteiger partial charge on any atom is 0.118 e. The number of nitrogens with zero attached hydrogens (tertiary/aromatic N) is 1. The molecule has 2 aliphatic rings. The topological polar surface area (TPSA) is 21.7 Å². The van der Waals surface area contributed by atoms with Crippen LogP contribution in [0.4, 0.5) is 0 Å². The number of hydrogen-bond acceptors (Lipinski definition) is 3. The Hall–Kier alpha value is -1.06. The minimum atomic E-state index is 0.455. The van der Waals surface area contributed by atoms with Crippen molar-refractivity contribution >= 4 is 0 Å². The van der Waals surface area contributed by atoms with Crippen molar-refractivity contribution in [1.82, 2.24) is 4.90 Å². The van der Waals surface area contributed by atoms with E-state index >= 15 is 0 Å². The van der Waals surface area contributed by atoms with E-state index in [-0.39, 0.29) is 0 Å². The second-order valence-corrected chi connectivity index (χ2v) is 5.36. The Kier molecular flexibility index (Phi) is 3.27. The van der Waals surface area contributed by atoms with E-state index < -0.39 is 0 Å². The summed E-state index contributed by atoms with van der Waals surface area (Å²) in [6.07, 6.45) is 3.88. The van der Waals surface area contributed by atoms with E-state index in [0.29, 0.717) is 5.54 Å². The quantitative estimate of drug-likeness (QED) is 0.819. The summed E-state index contributed by atoms with van der Waals surface area (Å²) in [6.45, 7) is 3.90. The summed E-state index contributed by atoms with van der Waals surface area (Å²) in [4.78, 5) is 2.61. The molecule has 0 atom stereocenters. The average molecular weight is 247 g/mol. The first-order valence-electron chi connectivity index (χ1n) is 6.78. The summed E-state index contributed by atoms with van der Waals surface area (Å²) in [5.41, 5.74) is 1.82. The van der Waals surface area contributed by atoms with Gasteiger partial charge in [0.15, 0.2) is 0 Å². The van der Waals surface area contributed by atoms with Crippen molar-refractivity contribution < 1.29 is 9.47 Å². The van der Waals surface area contributed by atoms with Crippen molar-refractivity contribution in [1.29, 1.82) is 0 Å². The Labute approximate surface area is 109 Å². The number of ether oxygens (including phenoxy) is 2. The fourth-order valence-corrected chi connectivity index (χ4v) is 2.84. The lowest BCUT2D eigenvalue weighted by Crippen LogP contribution is -2.37. The molecule has 0 unspecified atom stereocenters. The lowest BCUT2D eigenvalue weighted by atomic mass is 10.1. The van der Waals surface area contributed by atoms with Gasteiger partial charge < -0.3 is 9.47 Å². The van der Waals surface area contributed by atoms with Crippen molar-refractivity contribution in [2.75, 3.05) is 26.9 Å². The first kappa shape index (κ1) is 12.0. The van der Waals surface area contributed by atoms with Gasteiger partial charge in [0.05, 0.1) is 13.7 Å². The summed E-state index contributed by atoms with van der Waals surface area (Å²) < 4.78 is 10.8. The van der Waals surface area contributed by atoms with Crippen LogP contribution in [0.2, 0.25) is 0 Å². The van der Waals surface area contributed by atoms with Crippen LogP contribution in [0.15, 0.2) is 24.3 Å². The van der Waals surface area contributed by atoms with Crippen LogP contribution in [0.1, 0.15) is 24.8 Å². The molecule has 0 amide bonds. The van der Waals surface area contributed by atoms with Gasteiger partial charge in [-0.15, -0.1) is 0 Å². The Bertz CT molecular complexity index is 397. The Morgan fingerprint density at radius 1 is 1.17 bits per heavy atom. The van der Waals surface area contributed by atoms with Crippen molar-refractivity contribution in [2.45, 2.75) is 31.3 Å². The maximum atomic E-state index is 5.61. The summed E-state index contributed by atoms with van der Waals surface area (Å²) in [5, 5.41) is 0. The molecule has 0 bridgehead atoms. The molecule has 0 N–H and O–H groups in total. The summed E-state index contributed by atoms with van der Waals surface area (Å²) in [5.74, 6) is 0.930. The molecule has 1 aliphatic heterocycles. The van der Waals surface area contributed by atoms with Crippen LogP contribution >= 0.6 is 0 Å². The largest absolute Gasteiger partial charge is 0.497 e. The standard InChI is InChI=1S/C15H21NO2/c1-17-14-4-2-13(3-5-14)12-16-9-11-18-10-8-15(16)6-7-15/h2-5H,6-12H2,1H3. The van der Waals surface area contributed by atoms with Crippen LogP contribution in [0, 0.1) is 0 Å². The Morgan fingerprint density at radius 2 is 1.94 bits per heavy atom. The van der Waals surface area contributed by atoms with Crippen LogP contribution < -0.4 is 4.74 Å². The first-order valence-corrected chi connectivity index (χ1v) is 6.78. The van der Waals surface area contributed by atoms with Gasteiger partial charge in [-0.05, 0) is 37.0 Å². The molecular weight excluding hydrogens is 226 g/mol. The zero-order chi connectivity index (χ0) is 12.4. The summed E-state index contributed by atoms with van der Waals surface area (Å²) in [7, 11) is 1.71. The first-order chi connectivity index (χ1) is 8.82. The molecule has 2 fully saturated rings. The normalized spacial score (nSPS) is 22.7. The Morgan fingerprint density at radius 3 is 2.61 bits per heavy atom. The highest BCUT2D eigenvalue weighted by Crippen LogP contribution is 2.46.